The molecule has 2 aromatic rings. The topological polar surface area (TPSA) is 81.4 Å². The number of carbonyl (C=O) groups is 2. The average Bonchev–Trinajstić information content (AvgIpc) is 2.95. The summed E-state index contributed by atoms with van der Waals surface area (Å²) in [6.07, 6.45) is 3.51. The summed E-state index contributed by atoms with van der Waals surface area (Å²) in [6, 6.07) is 9.87. The Morgan fingerprint density at radius 1 is 1.29 bits per heavy atom. The van der Waals surface area contributed by atoms with Crippen LogP contribution in [0.25, 0.3) is 6.08 Å². The maximum atomic E-state index is 11.8. The zero-order valence-electron chi connectivity index (χ0n) is 13.7. The number of ether oxygens (including phenoxy) is 1. The molecule has 0 saturated heterocycles. The van der Waals surface area contributed by atoms with E-state index in [9.17, 15) is 9.59 Å². The Labute approximate surface area is 140 Å². The molecule has 0 spiro atoms. The molecule has 1 aromatic carbocycles. The van der Waals surface area contributed by atoms with Crippen LogP contribution in [0.15, 0.2) is 42.1 Å². The fraction of sp³-hybridized carbons (Fsp3) is 0.278. The molecule has 126 valence electrons. The Kier molecular flexibility index (Phi) is 5.89. The van der Waals surface area contributed by atoms with Crippen LogP contribution in [0.5, 0.6) is 0 Å². The summed E-state index contributed by atoms with van der Waals surface area (Å²) in [5, 5.41) is 8.99. The predicted octanol–water partition coefficient (Wildman–Crippen LogP) is 2.52. The van der Waals surface area contributed by atoms with E-state index in [1.807, 2.05) is 41.8 Å². The molecule has 0 unspecified atom stereocenters. The van der Waals surface area contributed by atoms with E-state index in [0.29, 0.717) is 12.2 Å². The fourth-order valence-electron chi connectivity index (χ4n) is 2.43. The first-order valence-corrected chi connectivity index (χ1v) is 7.64. The first kappa shape index (κ1) is 17.5. The van der Waals surface area contributed by atoms with Crippen molar-refractivity contribution >= 4 is 18.0 Å². The van der Waals surface area contributed by atoms with Crippen LogP contribution in [0.3, 0.4) is 0 Å². The first-order chi connectivity index (χ1) is 11.5. The number of aryl methyl sites for hydroxylation is 1. The summed E-state index contributed by atoms with van der Waals surface area (Å²) < 4.78 is 6.65. The van der Waals surface area contributed by atoms with E-state index in [1.54, 1.807) is 6.20 Å². The van der Waals surface area contributed by atoms with Gasteiger partial charge in [-0.05, 0) is 11.6 Å². The van der Waals surface area contributed by atoms with Gasteiger partial charge in [0.2, 0.25) is 0 Å². The largest absolute Gasteiger partial charge is 0.481 e. The van der Waals surface area contributed by atoms with E-state index >= 15 is 0 Å². The number of hydrogen-bond acceptors (Lipinski definition) is 4. The molecule has 0 atom stereocenters. The predicted molar refractivity (Wildman–Crippen MR) is 89.4 cm³/mol. The summed E-state index contributed by atoms with van der Waals surface area (Å²) in [4.78, 5) is 27.2. The van der Waals surface area contributed by atoms with Crippen molar-refractivity contribution in [1.29, 1.82) is 0 Å². The zero-order valence-corrected chi connectivity index (χ0v) is 13.7. The smallest absolute Gasteiger partial charge is 0.334 e. The molecule has 0 aliphatic carbocycles. The van der Waals surface area contributed by atoms with Crippen molar-refractivity contribution in [3.8, 4) is 0 Å². The lowest BCUT2D eigenvalue weighted by atomic mass is 10.1. The zero-order chi connectivity index (χ0) is 17.5. The first-order valence-electron chi connectivity index (χ1n) is 7.64. The molecule has 0 fully saturated rings. The van der Waals surface area contributed by atoms with Crippen molar-refractivity contribution < 1.29 is 19.4 Å². The number of carbonyl (C=O) groups excluding carboxylic acids is 1. The second-order valence-electron chi connectivity index (χ2n) is 5.26. The second kappa shape index (κ2) is 8.10. The van der Waals surface area contributed by atoms with Crippen LogP contribution in [0.4, 0.5) is 0 Å². The standard InChI is InChI=1S/C18H20N2O4/c1-3-16-19-11-15(9-14(10-17(21)22)18(23)24-2)20(16)12-13-7-5-4-6-8-13/h4-9,11H,3,10,12H2,1-2H3,(H,21,22)/b14-9+. The molecule has 1 N–H and O–H groups in total. The van der Waals surface area contributed by atoms with Gasteiger partial charge in [0.05, 0.1) is 31.0 Å². The van der Waals surface area contributed by atoms with Crippen molar-refractivity contribution in [2.24, 2.45) is 0 Å². The Morgan fingerprint density at radius 3 is 2.58 bits per heavy atom. The van der Waals surface area contributed by atoms with Crippen molar-refractivity contribution in [1.82, 2.24) is 9.55 Å². The molecule has 0 aliphatic rings. The van der Waals surface area contributed by atoms with Crippen LogP contribution in [0.2, 0.25) is 0 Å². The van der Waals surface area contributed by atoms with Gasteiger partial charge in [-0.15, -0.1) is 0 Å². The van der Waals surface area contributed by atoms with Crippen LogP contribution in [-0.4, -0.2) is 33.7 Å². The second-order valence-corrected chi connectivity index (χ2v) is 5.26. The number of aliphatic carboxylic acids is 1. The summed E-state index contributed by atoms with van der Waals surface area (Å²) in [6.45, 7) is 2.59. The van der Waals surface area contributed by atoms with Crippen molar-refractivity contribution in [2.45, 2.75) is 26.3 Å². The number of benzene rings is 1. The minimum Gasteiger partial charge on any atom is -0.481 e. The normalized spacial score (nSPS) is 11.3. The summed E-state index contributed by atoms with van der Waals surface area (Å²) in [7, 11) is 1.23. The third-order valence-corrected chi connectivity index (χ3v) is 3.58. The summed E-state index contributed by atoms with van der Waals surface area (Å²) >= 11 is 0. The van der Waals surface area contributed by atoms with Gasteiger partial charge in [-0.1, -0.05) is 37.3 Å². The Morgan fingerprint density at radius 2 is 2.00 bits per heavy atom. The third kappa shape index (κ3) is 4.32. The number of hydrogen-bond donors (Lipinski definition) is 1. The maximum absolute atomic E-state index is 11.8. The van der Waals surface area contributed by atoms with E-state index < -0.39 is 18.4 Å². The molecule has 0 saturated carbocycles. The molecule has 0 aliphatic heterocycles. The lowest BCUT2D eigenvalue weighted by Gasteiger charge is -2.10. The minimum absolute atomic E-state index is 0.0851. The monoisotopic (exact) mass is 328 g/mol. The highest BCUT2D eigenvalue weighted by Crippen LogP contribution is 2.16. The van der Waals surface area contributed by atoms with Crippen molar-refractivity contribution in [3.63, 3.8) is 0 Å². The Bertz CT molecular complexity index is 748. The number of carboxylic acid groups (broad SMARTS) is 1. The van der Waals surface area contributed by atoms with E-state index in [1.165, 1.54) is 13.2 Å². The van der Waals surface area contributed by atoms with Gasteiger partial charge < -0.3 is 14.4 Å². The number of rotatable bonds is 7. The molecule has 1 aromatic heterocycles. The SMILES string of the molecule is CCc1ncc(/C=C(\CC(=O)O)C(=O)OC)n1Cc1ccccc1. The molecule has 6 heteroatoms. The van der Waals surface area contributed by atoms with E-state index in [2.05, 4.69) is 9.72 Å². The van der Waals surface area contributed by atoms with Gasteiger partial charge in [-0.3, -0.25) is 4.79 Å². The highest BCUT2D eigenvalue weighted by molar-refractivity contribution is 5.97. The fourth-order valence-corrected chi connectivity index (χ4v) is 2.43. The lowest BCUT2D eigenvalue weighted by molar-refractivity contribution is -0.141. The van der Waals surface area contributed by atoms with Crippen molar-refractivity contribution in [3.05, 3.63) is 59.2 Å². The highest BCUT2D eigenvalue weighted by Gasteiger charge is 2.16. The van der Waals surface area contributed by atoms with Crippen LogP contribution < -0.4 is 0 Å². The van der Waals surface area contributed by atoms with Gasteiger partial charge in [0.1, 0.15) is 5.82 Å². The van der Waals surface area contributed by atoms with Gasteiger partial charge in [-0.2, -0.15) is 0 Å². The quantitative estimate of drug-likeness (QED) is 0.624. The highest BCUT2D eigenvalue weighted by atomic mass is 16.5. The minimum atomic E-state index is -1.09. The number of aromatic nitrogens is 2. The van der Waals surface area contributed by atoms with Crippen LogP contribution in [-0.2, 0) is 27.3 Å². The van der Waals surface area contributed by atoms with Gasteiger partial charge in [-0.25, -0.2) is 9.78 Å². The molecule has 0 amide bonds. The summed E-state index contributed by atoms with van der Waals surface area (Å²) in [5.74, 6) is -0.871. The van der Waals surface area contributed by atoms with Crippen LogP contribution in [0.1, 0.15) is 30.4 Å². The van der Waals surface area contributed by atoms with Gasteiger partial charge in [0.15, 0.2) is 0 Å². The number of imidazole rings is 1. The molecule has 0 bridgehead atoms. The lowest BCUT2D eigenvalue weighted by Crippen LogP contribution is -2.11. The molecular weight excluding hydrogens is 308 g/mol. The van der Waals surface area contributed by atoms with Crippen LogP contribution >= 0.6 is 0 Å². The molecule has 2 rings (SSSR count). The number of esters is 1. The number of nitrogens with zero attached hydrogens (tertiary/aromatic N) is 2. The van der Waals surface area contributed by atoms with Crippen molar-refractivity contribution in [2.75, 3.05) is 7.11 Å². The van der Waals surface area contributed by atoms with Crippen LogP contribution in [0, 0.1) is 0 Å². The van der Waals surface area contributed by atoms with Gasteiger partial charge >= 0.3 is 11.9 Å². The molecular formula is C18H20N2O4. The number of carboxylic acids is 1. The molecule has 1 heterocycles. The molecule has 6 nitrogen and oxygen atoms in total. The van der Waals surface area contributed by atoms with Gasteiger partial charge in [0, 0.05) is 13.0 Å². The third-order valence-electron chi connectivity index (χ3n) is 3.58. The van der Waals surface area contributed by atoms with Gasteiger partial charge in [0.25, 0.3) is 0 Å². The molecule has 0 radical (unpaired) electrons. The summed E-state index contributed by atoms with van der Waals surface area (Å²) in [5.41, 5.74) is 1.86. The Hall–Kier alpha value is -2.89. The average molecular weight is 328 g/mol. The maximum Gasteiger partial charge on any atom is 0.334 e. The van der Waals surface area contributed by atoms with E-state index in [4.69, 9.17) is 5.11 Å². The van der Waals surface area contributed by atoms with E-state index in [-0.39, 0.29) is 5.57 Å². The molecule has 24 heavy (non-hydrogen) atoms. The Balaban J connectivity index is 2.41. The van der Waals surface area contributed by atoms with E-state index in [0.717, 1.165) is 17.8 Å². The number of methoxy groups -OCH3 is 1.